The van der Waals surface area contributed by atoms with Gasteiger partial charge in [0.2, 0.25) is 0 Å². The lowest BCUT2D eigenvalue weighted by molar-refractivity contribution is -0.126. The number of nitrogens with zero attached hydrogens (tertiary/aromatic N) is 2. The molecule has 0 radical (unpaired) electrons. The SMILES string of the molecule is COc1ccc(/C(O)=C2\C(=O)N(Nc3ccccc3)C(=O)N(Nc3ccccc3)C2c2ccc(OC)cc2)cc1. The number of para-hydroxylation sites is 2. The number of carbonyl (C=O) groups excluding carboxylic acids is 2. The van der Waals surface area contributed by atoms with Crippen molar-refractivity contribution in [3.05, 3.63) is 126 Å². The Balaban J connectivity index is 1.69. The number of aliphatic hydroxyl groups is 1. The summed E-state index contributed by atoms with van der Waals surface area (Å²) in [4.78, 5) is 28.1. The number of urea groups is 1. The number of methoxy groups -OCH3 is 2. The Labute approximate surface area is 231 Å². The van der Waals surface area contributed by atoms with Crippen LogP contribution in [0.5, 0.6) is 11.5 Å². The second-order valence-corrected chi connectivity index (χ2v) is 8.92. The van der Waals surface area contributed by atoms with E-state index in [4.69, 9.17) is 9.47 Å². The fourth-order valence-corrected chi connectivity index (χ4v) is 4.41. The van der Waals surface area contributed by atoms with Crippen molar-refractivity contribution in [3.63, 3.8) is 0 Å². The first kappa shape index (κ1) is 26.2. The summed E-state index contributed by atoms with van der Waals surface area (Å²) >= 11 is 0. The second-order valence-electron chi connectivity index (χ2n) is 8.92. The van der Waals surface area contributed by atoms with Gasteiger partial charge in [0.15, 0.2) is 0 Å². The number of ether oxygens (including phenoxy) is 2. The number of aliphatic hydroxyl groups excluding tert-OH is 1. The van der Waals surface area contributed by atoms with Crippen LogP contribution >= 0.6 is 0 Å². The lowest BCUT2D eigenvalue weighted by Gasteiger charge is -2.42. The van der Waals surface area contributed by atoms with Gasteiger partial charge in [-0.3, -0.25) is 15.6 Å². The Bertz CT molecular complexity index is 1510. The van der Waals surface area contributed by atoms with E-state index in [-0.39, 0.29) is 11.3 Å². The van der Waals surface area contributed by atoms with Crippen molar-refractivity contribution in [1.82, 2.24) is 10.0 Å². The summed E-state index contributed by atoms with van der Waals surface area (Å²) < 4.78 is 10.6. The maximum Gasteiger partial charge on any atom is 0.365 e. The summed E-state index contributed by atoms with van der Waals surface area (Å²) in [6.45, 7) is 0. The van der Waals surface area contributed by atoms with E-state index in [2.05, 4.69) is 10.9 Å². The maximum atomic E-state index is 14.1. The fourth-order valence-electron chi connectivity index (χ4n) is 4.41. The first-order valence-corrected chi connectivity index (χ1v) is 12.5. The number of imide groups is 1. The highest BCUT2D eigenvalue weighted by atomic mass is 16.5. The Morgan fingerprint density at radius 2 is 1.20 bits per heavy atom. The van der Waals surface area contributed by atoms with E-state index in [0.717, 1.165) is 5.01 Å². The van der Waals surface area contributed by atoms with Gasteiger partial charge in [-0.25, -0.2) is 9.80 Å². The van der Waals surface area contributed by atoms with Crippen LogP contribution in [-0.4, -0.2) is 41.3 Å². The van der Waals surface area contributed by atoms with Gasteiger partial charge in [0.05, 0.1) is 31.2 Å². The number of hydrogen-bond acceptors (Lipinski definition) is 7. The molecule has 1 saturated heterocycles. The van der Waals surface area contributed by atoms with Gasteiger partial charge in [0.1, 0.15) is 23.3 Å². The molecule has 4 aromatic rings. The summed E-state index contributed by atoms with van der Waals surface area (Å²) in [6, 6.07) is 30.0. The number of carbonyl (C=O) groups is 2. The molecule has 0 spiro atoms. The van der Waals surface area contributed by atoms with E-state index in [0.29, 0.717) is 34.0 Å². The number of anilines is 2. The molecule has 0 saturated carbocycles. The molecule has 1 fully saturated rings. The molecule has 1 aliphatic heterocycles. The number of hydrogen-bond donors (Lipinski definition) is 3. The minimum atomic E-state index is -0.998. The third-order valence-electron chi connectivity index (χ3n) is 6.45. The van der Waals surface area contributed by atoms with Crippen LogP contribution in [-0.2, 0) is 4.79 Å². The molecule has 1 atom stereocenters. The number of nitrogens with one attached hydrogen (secondary N) is 2. The van der Waals surface area contributed by atoms with Crippen molar-refractivity contribution < 1.29 is 24.2 Å². The van der Waals surface area contributed by atoms with Gasteiger partial charge in [-0.1, -0.05) is 48.5 Å². The predicted molar refractivity (Wildman–Crippen MR) is 152 cm³/mol. The standard InChI is InChI=1S/C31H28N4O5/c1-39-25-17-13-21(14-18-25)28-27(29(36)22-15-19-26(40-2)20-16-22)30(37)35(33-24-11-7-4-8-12-24)31(38)34(28)32-23-9-5-3-6-10-23/h3-20,28,32-33,36H,1-2H3/b29-27+. The van der Waals surface area contributed by atoms with Crippen molar-refractivity contribution in [2.45, 2.75) is 6.04 Å². The van der Waals surface area contributed by atoms with Gasteiger partial charge in [-0.15, -0.1) is 0 Å². The van der Waals surface area contributed by atoms with E-state index in [1.807, 2.05) is 24.3 Å². The Kier molecular flexibility index (Phi) is 7.54. The van der Waals surface area contributed by atoms with Crippen LogP contribution < -0.4 is 20.3 Å². The topological polar surface area (TPSA) is 103 Å². The molecule has 3 N–H and O–H groups in total. The van der Waals surface area contributed by atoms with E-state index in [1.54, 1.807) is 99.1 Å². The summed E-state index contributed by atoms with van der Waals surface area (Å²) in [7, 11) is 3.10. The number of rotatable bonds is 8. The molecule has 40 heavy (non-hydrogen) atoms. The van der Waals surface area contributed by atoms with Crippen LogP contribution in [0.15, 0.2) is 115 Å². The fraction of sp³-hybridized carbons (Fsp3) is 0.0968. The number of benzene rings is 4. The summed E-state index contributed by atoms with van der Waals surface area (Å²) in [5, 5.41) is 13.9. The predicted octanol–water partition coefficient (Wildman–Crippen LogP) is 6.03. The molecule has 202 valence electrons. The molecule has 4 aromatic carbocycles. The van der Waals surface area contributed by atoms with Gasteiger partial charge in [0, 0.05) is 5.56 Å². The Morgan fingerprint density at radius 3 is 1.73 bits per heavy atom. The van der Waals surface area contributed by atoms with Crippen molar-refractivity contribution in [3.8, 4) is 11.5 Å². The zero-order chi connectivity index (χ0) is 28.1. The quantitative estimate of drug-likeness (QED) is 0.187. The molecular weight excluding hydrogens is 508 g/mol. The van der Waals surface area contributed by atoms with Crippen LogP contribution in [0, 0.1) is 0 Å². The van der Waals surface area contributed by atoms with Crippen LogP contribution in [0.1, 0.15) is 17.2 Å². The molecule has 0 aliphatic carbocycles. The van der Waals surface area contributed by atoms with Crippen molar-refractivity contribution in [2.75, 3.05) is 25.1 Å². The first-order chi connectivity index (χ1) is 19.5. The van der Waals surface area contributed by atoms with Crippen LogP contribution in [0.4, 0.5) is 16.2 Å². The minimum absolute atomic E-state index is 0.0122. The van der Waals surface area contributed by atoms with Gasteiger partial charge in [0.25, 0.3) is 5.91 Å². The molecule has 1 aliphatic rings. The zero-order valence-electron chi connectivity index (χ0n) is 21.9. The highest BCUT2D eigenvalue weighted by Gasteiger charge is 2.46. The monoisotopic (exact) mass is 536 g/mol. The van der Waals surface area contributed by atoms with Crippen molar-refractivity contribution in [1.29, 1.82) is 0 Å². The Morgan fingerprint density at radius 1 is 0.700 bits per heavy atom. The number of hydrazine groups is 2. The van der Waals surface area contributed by atoms with E-state index >= 15 is 0 Å². The van der Waals surface area contributed by atoms with Crippen molar-refractivity contribution in [2.24, 2.45) is 0 Å². The average Bonchev–Trinajstić information content (AvgIpc) is 3.01. The molecule has 0 bridgehead atoms. The van der Waals surface area contributed by atoms with Crippen LogP contribution in [0.25, 0.3) is 5.76 Å². The van der Waals surface area contributed by atoms with E-state index in [9.17, 15) is 14.7 Å². The zero-order valence-corrected chi connectivity index (χ0v) is 21.9. The maximum absolute atomic E-state index is 14.1. The molecule has 1 unspecified atom stereocenters. The van der Waals surface area contributed by atoms with Gasteiger partial charge in [-0.05, 0) is 66.2 Å². The largest absolute Gasteiger partial charge is 0.507 e. The van der Waals surface area contributed by atoms with Gasteiger partial charge < -0.3 is 14.6 Å². The molecule has 3 amide bonds. The second kappa shape index (κ2) is 11.5. The highest BCUT2D eigenvalue weighted by Crippen LogP contribution is 2.39. The molecule has 1 heterocycles. The Hall–Kier alpha value is -5.44. The molecular formula is C31H28N4O5. The normalized spacial score (nSPS) is 16.4. The van der Waals surface area contributed by atoms with Crippen molar-refractivity contribution >= 4 is 29.1 Å². The van der Waals surface area contributed by atoms with E-state index in [1.165, 1.54) is 5.01 Å². The summed E-state index contributed by atoms with van der Waals surface area (Å²) in [5.41, 5.74) is 8.16. The van der Waals surface area contributed by atoms with Gasteiger partial charge >= 0.3 is 6.03 Å². The average molecular weight is 537 g/mol. The molecule has 9 heteroatoms. The summed E-state index contributed by atoms with van der Waals surface area (Å²) in [5.74, 6) is 0.227. The smallest absolute Gasteiger partial charge is 0.365 e. The molecule has 9 nitrogen and oxygen atoms in total. The number of amides is 3. The lowest BCUT2D eigenvalue weighted by Crippen LogP contribution is -2.58. The first-order valence-electron chi connectivity index (χ1n) is 12.5. The third-order valence-corrected chi connectivity index (χ3v) is 6.45. The van der Waals surface area contributed by atoms with Crippen LogP contribution in [0.3, 0.4) is 0 Å². The van der Waals surface area contributed by atoms with Gasteiger partial charge in [-0.2, -0.15) is 5.01 Å². The van der Waals surface area contributed by atoms with E-state index < -0.39 is 18.0 Å². The highest BCUT2D eigenvalue weighted by molar-refractivity contribution is 6.12. The lowest BCUT2D eigenvalue weighted by atomic mass is 9.92. The molecule has 0 aromatic heterocycles. The van der Waals surface area contributed by atoms with Crippen LogP contribution in [0.2, 0.25) is 0 Å². The third kappa shape index (κ3) is 5.25. The molecule has 5 rings (SSSR count). The summed E-state index contributed by atoms with van der Waals surface area (Å²) in [6.07, 6.45) is 0. The minimum Gasteiger partial charge on any atom is -0.507 e.